The average Bonchev–Trinajstić information content (AvgIpc) is 3.95. The Morgan fingerprint density at radius 2 is 1.77 bits per heavy atom. The van der Waals surface area contributed by atoms with Crippen LogP contribution in [0.4, 0.5) is 24.5 Å². The highest BCUT2D eigenvalue weighted by atomic mass is 32.2. The number of nitrogens with two attached hydrogens (primary N) is 1. The second-order valence-corrected chi connectivity index (χ2v) is 15.7. The third-order valence-corrected chi connectivity index (χ3v) is 9.68. The molecule has 0 radical (unpaired) electrons. The third-order valence-electron chi connectivity index (χ3n) is 8.82. The fourth-order valence-corrected chi connectivity index (χ4v) is 6.73. The largest absolute Gasteiger partial charge is 0.573 e. The number of aliphatic imine (C=N–C) groups is 3. The van der Waals surface area contributed by atoms with Gasteiger partial charge in [0.15, 0.2) is 5.17 Å². The minimum Gasteiger partial charge on any atom is -0.406 e. The number of nitrogens with one attached hydrogen (secondary N) is 2. The van der Waals surface area contributed by atoms with Gasteiger partial charge in [-0.1, -0.05) is 42.1 Å². The normalized spacial score (nSPS) is 20.3. The van der Waals surface area contributed by atoms with Crippen molar-refractivity contribution in [1.29, 1.82) is 0 Å². The van der Waals surface area contributed by atoms with Crippen molar-refractivity contribution in [2.45, 2.75) is 65.8 Å². The van der Waals surface area contributed by atoms with E-state index in [1.807, 2.05) is 31.2 Å². The highest BCUT2D eigenvalue weighted by Gasteiger charge is 2.44. The fourth-order valence-electron chi connectivity index (χ4n) is 6.02. The van der Waals surface area contributed by atoms with E-state index in [2.05, 4.69) is 73.4 Å². The Bertz CT molecular complexity index is 1720. The van der Waals surface area contributed by atoms with E-state index >= 15 is 0 Å². The van der Waals surface area contributed by atoms with E-state index in [-0.39, 0.29) is 11.7 Å². The molecule has 2 aromatic carbocycles. The van der Waals surface area contributed by atoms with E-state index in [0.29, 0.717) is 23.4 Å². The topological polar surface area (TPSA) is 159 Å². The van der Waals surface area contributed by atoms with Crippen LogP contribution in [0.5, 0.6) is 5.75 Å². The maximum Gasteiger partial charge on any atom is 0.573 e. The summed E-state index contributed by atoms with van der Waals surface area (Å²) in [4.78, 5) is 27.7. The molecule has 5 rings (SSSR count). The van der Waals surface area contributed by atoms with Gasteiger partial charge in [0.25, 0.3) is 0 Å². The number of aryl methyl sites for hydroxylation is 2. The number of hydrazone groups is 1. The van der Waals surface area contributed by atoms with Crippen molar-refractivity contribution in [3.63, 3.8) is 0 Å². The summed E-state index contributed by atoms with van der Waals surface area (Å²) >= 11 is 1.66. The number of amidine groups is 2. The van der Waals surface area contributed by atoms with Gasteiger partial charge >= 0.3 is 6.36 Å². The van der Waals surface area contributed by atoms with Crippen LogP contribution in [0.2, 0.25) is 0 Å². The van der Waals surface area contributed by atoms with Gasteiger partial charge < -0.3 is 25.5 Å². The predicted octanol–water partition coefficient (Wildman–Crippen LogP) is 7.74. The number of benzene rings is 2. The summed E-state index contributed by atoms with van der Waals surface area (Å²) < 4.78 is 41.0. The number of likely N-dealkylation sites (tertiary alicyclic amines) is 1. The Morgan fingerprint density at radius 1 is 1.09 bits per heavy atom. The Kier molecular flexibility index (Phi) is 18.4. The van der Waals surface area contributed by atoms with Crippen molar-refractivity contribution in [2.24, 2.45) is 43.6 Å². The van der Waals surface area contributed by atoms with Gasteiger partial charge in [0, 0.05) is 18.8 Å². The van der Waals surface area contributed by atoms with Gasteiger partial charge in [-0.05, 0) is 138 Å². The molecule has 56 heavy (non-hydrogen) atoms. The van der Waals surface area contributed by atoms with Gasteiger partial charge in [-0.2, -0.15) is 5.10 Å². The quantitative estimate of drug-likeness (QED) is 0.0554. The summed E-state index contributed by atoms with van der Waals surface area (Å²) in [6.45, 7) is 15.7. The van der Waals surface area contributed by atoms with E-state index in [4.69, 9.17) is 20.8 Å². The number of hydrogen-bond donors (Lipinski definition) is 4. The third kappa shape index (κ3) is 16.4. The monoisotopic (exact) mass is 800 g/mol. The van der Waals surface area contributed by atoms with Crippen LogP contribution in [-0.4, -0.2) is 91.4 Å². The number of rotatable bonds is 12. The minimum atomic E-state index is -4.74. The molecule has 5 N–H and O–H groups in total. The van der Waals surface area contributed by atoms with Crippen LogP contribution in [0, 0.1) is 31.6 Å². The number of carbonyl (C=O) groups is 1. The molecule has 2 aliphatic carbocycles. The first-order valence-electron chi connectivity index (χ1n) is 18.3. The molecule has 1 saturated carbocycles. The molecule has 1 heterocycles. The molecule has 0 bridgehead atoms. The lowest BCUT2D eigenvalue weighted by Gasteiger charge is -2.29. The van der Waals surface area contributed by atoms with Crippen molar-refractivity contribution in [1.82, 2.24) is 15.6 Å². The van der Waals surface area contributed by atoms with E-state index in [1.54, 1.807) is 32.5 Å². The summed E-state index contributed by atoms with van der Waals surface area (Å²) in [7, 11) is 2.20. The first-order chi connectivity index (χ1) is 26.6. The number of allylic oxidation sites excluding steroid dienone is 3. The number of alkyl halides is 3. The molecule has 1 saturated heterocycles. The van der Waals surface area contributed by atoms with Crippen molar-refractivity contribution in [3.05, 3.63) is 76.9 Å². The van der Waals surface area contributed by atoms with Gasteiger partial charge in [-0.3, -0.25) is 10.7 Å². The van der Waals surface area contributed by atoms with Crippen LogP contribution in [0.3, 0.4) is 0 Å². The SMILES string of the molecule is C=O.CC(C)(C)OO.Cc1cccc(C)c1N=C(N/N=C/C1=CC=C(C(N)=NC=Nc2ccc(OC(F)(F)F)cc2)C2CC12)SCCNCC1CCCN(C)C1. The van der Waals surface area contributed by atoms with Crippen LogP contribution in [0.25, 0.3) is 0 Å². The average molecular weight is 801 g/mol. The highest BCUT2D eigenvalue weighted by molar-refractivity contribution is 8.13. The number of nitrogens with zero attached hydrogens (tertiary/aromatic N) is 5. The van der Waals surface area contributed by atoms with Crippen molar-refractivity contribution >= 4 is 53.5 Å². The summed E-state index contributed by atoms with van der Waals surface area (Å²) in [6, 6.07) is 11.4. The maximum atomic E-state index is 12.4. The highest BCUT2D eigenvalue weighted by Crippen LogP contribution is 2.50. The lowest BCUT2D eigenvalue weighted by molar-refractivity contribution is -0.306. The number of thioether (sulfide) groups is 1. The van der Waals surface area contributed by atoms with Crippen molar-refractivity contribution in [2.75, 3.05) is 39.0 Å². The van der Waals surface area contributed by atoms with Crippen molar-refractivity contribution in [3.8, 4) is 5.75 Å². The van der Waals surface area contributed by atoms with Crippen LogP contribution in [0.1, 0.15) is 51.2 Å². The van der Waals surface area contributed by atoms with E-state index in [1.165, 1.54) is 50.0 Å². The van der Waals surface area contributed by atoms with Gasteiger partial charge in [0.05, 0.1) is 23.2 Å². The molecule has 0 amide bonds. The standard InChI is InChI=1S/C35H43F3N8OS.C4H10O2.CH2O/c1-23-6-4-7-24(2)32(23)44-34(48-17-15-40-19-25-8-5-16-46(3)21-25)45-43-20-26-9-14-29(31-18-30(26)31)33(39)42-22-41-27-10-12-28(13-11-27)47-35(36,37)38;1-4(2,3)6-5;1-2/h4,6-7,9-14,20,22,25,30-31,40H,5,8,15-19,21H2,1-3H3,(H,44,45)(H2,39,41,42);5H,1-3H3;1H2/b43-20+;;. The predicted molar refractivity (Wildman–Crippen MR) is 221 cm³/mol. The molecule has 2 aromatic rings. The van der Waals surface area contributed by atoms with Crippen LogP contribution >= 0.6 is 11.8 Å². The molecular weight excluding hydrogens is 746 g/mol. The number of carbonyl (C=O) groups excluding carboxylic acids is 1. The van der Waals surface area contributed by atoms with Crippen LogP contribution in [0.15, 0.2) is 85.8 Å². The van der Waals surface area contributed by atoms with Crippen molar-refractivity contribution < 1.29 is 32.8 Å². The lowest BCUT2D eigenvalue weighted by Crippen LogP contribution is -2.37. The minimum absolute atomic E-state index is 0.250. The number of ether oxygens (including phenoxy) is 1. The Balaban J connectivity index is 0.000000960. The number of para-hydroxylation sites is 1. The van der Waals surface area contributed by atoms with Gasteiger partial charge in [0.1, 0.15) is 24.7 Å². The van der Waals surface area contributed by atoms with E-state index < -0.39 is 12.0 Å². The van der Waals surface area contributed by atoms with Gasteiger partial charge in [-0.15, -0.1) is 13.2 Å². The molecule has 2 fully saturated rings. The zero-order valence-electron chi connectivity index (χ0n) is 33.0. The molecule has 1 aliphatic heterocycles. The Hall–Kier alpha value is -4.35. The number of halogens is 3. The fraction of sp³-hybridized carbons (Fsp3) is 0.475. The lowest BCUT2D eigenvalue weighted by atomic mass is 9.98. The molecule has 3 atom stereocenters. The molecule has 0 aromatic heterocycles. The summed E-state index contributed by atoms with van der Waals surface area (Å²) in [5.41, 5.74) is 14.7. The molecule has 3 unspecified atom stereocenters. The molecule has 16 heteroatoms. The molecular formula is C40H55F3N8O4S. The molecule has 0 spiro atoms. The second kappa shape index (κ2) is 22.4. The van der Waals surface area contributed by atoms with Crippen LogP contribution in [-0.2, 0) is 9.68 Å². The summed E-state index contributed by atoms with van der Waals surface area (Å²) in [6.07, 6.45) is 5.88. The van der Waals surface area contributed by atoms with E-state index in [0.717, 1.165) is 64.9 Å². The molecule has 306 valence electrons. The molecule has 12 nitrogen and oxygen atoms in total. The van der Waals surface area contributed by atoms with Gasteiger partial charge in [0.2, 0.25) is 0 Å². The zero-order valence-corrected chi connectivity index (χ0v) is 33.8. The van der Waals surface area contributed by atoms with Crippen LogP contribution < -0.4 is 21.2 Å². The number of piperidine rings is 1. The smallest absolute Gasteiger partial charge is 0.406 e. The summed E-state index contributed by atoms with van der Waals surface area (Å²) in [5.74, 6) is 2.17. The summed E-state index contributed by atoms with van der Waals surface area (Å²) in [5, 5.41) is 16.9. The first-order valence-corrected chi connectivity index (χ1v) is 19.3. The Labute approximate surface area is 332 Å². The zero-order chi connectivity index (χ0) is 41.3. The number of fused-ring (bicyclic) bond motifs is 1. The first kappa shape index (κ1) is 46.0. The second-order valence-electron chi connectivity index (χ2n) is 14.6. The van der Waals surface area contributed by atoms with Gasteiger partial charge in [-0.25, -0.2) is 19.9 Å². The maximum absolute atomic E-state index is 12.4. The molecule has 3 aliphatic rings. The number of hydrogen-bond acceptors (Lipinski definition) is 10. The van der Waals surface area contributed by atoms with E-state index in [9.17, 15) is 13.2 Å². The Morgan fingerprint density at radius 3 is 2.39 bits per heavy atom.